The molecule has 132 valence electrons. The maximum Gasteiger partial charge on any atom is 0.205 e. The van der Waals surface area contributed by atoms with Crippen LogP contribution in [0.5, 0.6) is 11.5 Å². The number of H-pyrrole nitrogens is 1. The topological polar surface area (TPSA) is 49.9 Å². The van der Waals surface area contributed by atoms with E-state index in [9.17, 15) is 0 Å². The summed E-state index contributed by atoms with van der Waals surface area (Å²) in [5.74, 6) is 2.00. The average molecular weight is 407 g/mol. The van der Waals surface area contributed by atoms with Gasteiger partial charge >= 0.3 is 0 Å². The predicted molar refractivity (Wildman–Crippen MR) is 110 cm³/mol. The molecule has 0 saturated heterocycles. The largest absolute Gasteiger partial charge is 0.455 e. The lowest BCUT2D eigenvalue weighted by Gasteiger charge is -2.11. The number of anilines is 2. The molecule has 4 rings (SSSR count). The van der Waals surface area contributed by atoms with E-state index in [-0.39, 0.29) is 12.4 Å². The number of aromatic nitrogens is 2. The third-order valence-electron chi connectivity index (χ3n) is 3.63. The van der Waals surface area contributed by atoms with Gasteiger partial charge in [0, 0.05) is 10.0 Å². The highest BCUT2D eigenvalue weighted by Crippen LogP contribution is 2.32. The molecular weight excluding hydrogens is 393 g/mol. The highest BCUT2D eigenvalue weighted by atomic mass is 35.5. The van der Waals surface area contributed by atoms with Gasteiger partial charge in [-0.1, -0.05) is 35.3 Å². The van der Waals surface area contributed by atoms with Crippen molar-refractivity contribution in [1.82, 2.24) is 9.97 Å². The second kappa shape index (κ2) is 7.87. The molecule has 0 aliphatic rings. The number of para-hydroxylation sites is 2. The van der Waals surface area contributed by atoms with Gasteiger partial charge in [-0.2, -0.15) is 0 Å². The van der Waals surface area contributed by atoms with E-state index >= 15 is 0 Å². The van der Waals surface area contributed by atoms with Crippen LogP contribution in [0.1, 0.15) is 0 Å². The molecule has 4 nitrogen and oxygen atoms in total. The highest BCUT2D eigenvalue weighted by Gasteiger charge is 2.08. The molecule has 0 radical (unpaired) electrons. The van der Waals surface area contributed by atoms with Crippen LogP contribution in [0.25, 0.3) is 11.0 Å². The third kappa shape index (κ3) is 4.05. The van der Waals surface area contributed by atoms with Gasteiger partial charge in [0.05, 0.1) is 16.7 Å². The minimum Gasteiger partial charge on any atom is -0.455 e. The predicted octanol–water partition coefficient (Wildman–Crippen LogP) is 6.83. The van der Waals surface area contributed by atoms with Crippen LogP contribution < -0.4 is 10.1 Å². The third-order valence-corrected chi connectivity index (χ3v) is 4.11. The fourth-order valence-corrected chi connectivity index (χ4v) is 2.76. The number of imidazole rings is 1. The molecule has 1 heterocycles. The molecule has 0 aliphatic heterocycles. The SMILES string of the molecule is Cl.Clc1ccc(Oc2ccccc2Nc2nc3ccc(Cl)cc3[nH]2)cc1. The number of nitrogens with zero attached hydrogens (tertiary/aromatic N) is 1. The number of hydrogen-bond donors (Lipinski definition) is 2. The molecule has 2 N–H and O–H groups in total. The van der Waals surface area contributed by atoms with E-state index in [1.807, 2.05) is 54.6 Å². The Kier molecular flexibility index (Phi) is 5.57. The van der Waals surface area contributed by atoms with Gasteiger partial charge in [0.25, 0.3) is 0 Å². The summed E-state index contributed by atoms with van der Waals surface area (Å²) in [6.07, 6.45) is 0. The van der Waals surface area contributed by atoms with Gasteiger partial charge in [-0.3, -0.25) is 0 Å². The Bertz CT molecular complexity index is 1030. The minimum absolute atomic E-state index is 0. The van der Waals surface area contributed by atoms with Gasteiger partial charge in [-0.15, -0.1) is 12.4 Å². The van der Waals surface area contributed by atoms with Crippen molar-refractivity contribution in [1.29, 1.82) is 0 Å². The Morgan fingerprint density at radius 3 is 2.42 bits per heavy atom. The molecule has 1 aromatic heterocycles. The van der Waals surface area contributed by atoms with Crippen LogP contribution in [-0.2, 0) is 0 Å². The van der Waals surface area contributed by atoms with Crippen molar-refractivity contribution in [3.05, 3.63) is 76.8 Å². The van der Waals surface area contributed by atoms with Crippen molar-refractivity contribution in [2.75, 3.05) is 5.32 Å². The van der Waals surface area contributed by atoms with Crippen LogP contribution >= 0.6 is 35.6 Å². The van der Waals surface area contributed by atoms with Gasteiger partial charge in [0.2, 0.25) is 5.95 Å². The smallest absolute Gasteiger partial charge is 0.205 e. The summed E-state index contributed by atoms with van der Waals surface area (Å²) in [4.78, 5) is 7.71. The zero-order valence-corrected chi connectivity index (χ0v) is 15.7. The summed E-state index contributed by atoms with van der Waals surface area (Å²) in [5.41, 5.74) is 2.50. The van der Waals surface area contributed by atoms with E-state index < -0.39 is 0 Å². The van der Waals surface area contributed by atoms with E-state index in [0.29, 0.717) is 27.5 Å². The standard InChI is InChI=1S/C19H13Cl2N3O.ClH/c20-12-5-8-14(9-6-12)25-18-4-2-1-3-16(18)23-19-22-15-10-7-13(21)11-17(15)24-19;/h1-11H,(H2,22,23,24);1H. The minimum atomic E-state index is 0. The maximum absolute atomic E-state index is 6.02. The zero-order chi connectivity index (χ0) is 17.2. The van der Waals surface area contributed by atoms with Gasteiger partial charge in [0.15, 0.2) is 5.75 Å². The van der Waals surface area contributed by atoms with Gasteiger partial charge in [0.1, 0.15) is 5.75 Å². The van der Waals surface area contributed by atoms with Crippen LogP contribution in [0.3, 0.4) is 0 Å². The Balaban J connectivity index is 0.00000196. The van der Waals surface area contributed by atoms with E-state index in [1.54, 1.807) is 12.1 Å². The first-order chi connectivity index (χ1) is 12.2. The Morgan fingerprint density at radius 2 is 1.62 bits per heavy atom. The molecular formula is C19H14Cl3N3O. The van der Waals surface area contributed by atoms with Crippen LogP contribution in [0, 0.1) is 0 Å². The van der Waals surface area contributed by atoms with Gasteiger partial charge < -0.3 is 15.0 Å². The molecule has 3 aromatic carbocycles. The van der Waals surface area contributed by atoms with E-state index in [1.165, 1.54) is 0 Å². The lowest BCUT2D eigenvalue weighted by atomic mass is 10.3. The van der Waals surface area contributed by atoms with Crippen molar-refractivity contribution < 1.29 is 4.74 Å². The molecule has 0 spiro atoms. The molecule has 26 heavy (non-hydrogen) atoms. The quantitative estimate of drug-likeness (QED) is 0.390. The number of benzene rings is 3. The fourth-order valence-electron chi connectivity index (χ4n) is 2.46. The van der Waals surface area contributed by atoms with Gasteiger partial charge in [-0.25, -0.2) is 4.98 Å². The molecule has 0 aliphatic carbocycles. The number of fused-ring (bicyclic) bond motifs is 1. The Morgan fingerprint density at radius 1 is 0.885 bits per heavy atom. The second-order valence-electron chi connectivity index (χ2n) is 5.42. The summed E-state index contributed by atoms with van der Waals surface area (Å²) in [6.45, 7) is 0. The number of aromatic amines is 1. The first-order valence-corrected chi connectivity index (χ1v) is 8.38. The fraction of sp³-hybridized carbons (Fsp3) is 0. The number of nitrogens with one attached hydrogen (secondary N) is 2. The monoisotopic (exact) mass is 405 g/mol. The van der Waals surface area contributed by atoms with Crippen molar-refractivity contribution in [2.45, 2.75) is 0 Å². The lowest BCUT2D eigenvalue weighted by molar-refractivity contribution is 0.485. The maximum atomic E-state index is 6.02. The van der Waals surface area contributed by atoms with Crippen molar-refractivity contribution >= 4 is 58.3 Å². The Labute approximate surface area is 166 Å². The molecule has 7 heteroatoms. The number of rotatable bonds is 4. The normalized spacial score (nSPS) is 10.4. The summed E-state index contributed by atoms with van der Waals surface area (Å²) in [5, 5.41) is 4.58. The summed E-state index contributed by atoms with van der Waals surface area (Å²) in [6, 6.07) is 20.4. The molecule has 4 aromatic rings. The number of ether oxygens (including phenoxy) is 1. The highest BCUT2D eigenvalue weighted by molar-refractivity contribution is 6.31. The van der Waals surface area contributed by atoms with E-state index in [0.717, 1.165) is 16.7 Å². The number of hydrogen-bond acceptors (Lipinski definition) is 3. The molecule has 0 amide bonds. The first-order valence-electron chi connectivity index (χ1n) is 7.62. The van der Waals surface area contributed by atoms with Crippen molar-refractivity contribution in [3.8, 4) is 11.5 Å². The Hall–Kier alpha value is -2.40. The average Bonchev–Trinajstić information content (AvgIpc) is 3.00. The lowest BCUT2D eigenvalue weighted by Crippen LogP contribution is -1.95. The molecule has 0 bridgehead atoms. The van der Waals surface area contributed by atoms with E-state index in [4.69, 9.17) is 27.9 Å². The first kappa shape index (κ1) is 18.4. The van der Waals surface area contributed by atoms with Crippen LogP contribution in [0.15, 0.2) is 66.7 Å². The summed E-state index contributed by atoms with van der Waals surface area (Å²) < 4.78 is 5.95. The van der Waals surface area contributed by atoms with Crippen LogP contribution in [-0.4, -0.2) is 9.97 Å². The van der Waals surface area contributed by atoms with Crippen molar-refractivity contribution in [2.24, 2.45) is 0 Å². The van der Waals surface area contributed by atoms with E-state index in [2.05, 4.69) is 15.3 Å². The zero-order valence-electron chi connectivity index (χ0n) is 13.4. The molecule has 0 saturated carbocycles. The molecule has 0 atom stereocenters. The van der Waals surface area contributed by atoms with Crippen LogP contribution in [0.2, 0.25) is 10.0 Å². The van der Waals surface area contributed by atoms with Crippen LogP contribution in [0.4, 0.5) is 11.6 Å². The summed E-state index contributed by atoms with van der Waals surface area (Å²) >= 11 is 11.9. The number of halogens is 3. The summed E-state index contributed by atoms with van der Waals surface area (Å²) in [7, 11) is 0. The second-order valence-corrected chi connectivity index (χ2v) is 6.30. The molecule has 0 fully saturated rings. The van der Waals surface area contributed by atoms with Gasteiger partial charge in [-0.05, 0) is 54.6 Å². The van der Waals surface area contributed by atoms with Crippen molar-refractivity contribution in [3.63, 3.8) is 0 Å². The molecule has 0 unspecified atom stereocenters.